The molecule has 0 saturated heterocycles. The molecular weight excluding hydrogens is 819 g/mol. The van der Waals surface area contributed by atoms with E-state index >= 15 is 0 Å². The molecule has 5 aromatic heterocycles. The van der Waals surface area contributed by atoms with Crippen LogP contribution in [0.1, 0.15) is 0 Å². The lowest BCUT2D eigenvalue weighted by Crippen LogP contribution is -2.31. The molecule has 5 nitrogen and oxygen atoms in total. The zero-order valence-corrected chi connectivity index (χ0v) is 38.0. The molecule has 6 heteroatoms. The Labute approximate surface area is 383 Å². The molecule has 0 aliphatic carbocycles. The van der Waals surface area contributed by atoms with E-state index in [0.29, 0.717) is 0 Å². The van der Waals surface area contributed by atoms with E-state index in [-0.39, 0.29) is 0 Å². The van der Waals surface area contributed by atoms with Gasteiger partial charge < -0.3 is 18.4 Å². The first kappa shape index (κ1) is 38.3. The normalized spacial score (nSPS) is 12.2. The third-order valence-corrected chi connectivity index (χ3v) is 15.2. The fraction of sp³-hybridized carbons (Fsp3) is 0.0500. The Morgan fingerprint density at radius 3 is 1.50 bits per heavy atom. The lowest BCUT2D eigenvalue weighted by Gasteiger charge is -2.22. The number of aromatic amines is 1. The first-order valence-corrected chi connectivity index (χ1v) is 26.2. The van der Waals surface area contributed by atoms with Gasteiger partial charge in [0.05, 0.1) is 44.5 Å². The second-order valence-corrected chi connectivity index (χ2v) is 23.3. The second-order valence-electron chi connectivity index (χ2n) is 18.5. The van der Waals surface area contributed by atoms with Crippen molar-refractivity contribution in [2.75, 3.05) is 0 Å². The molecule has 0 fully saturated rings. The van der Waals surface area contributed by atoms with E-state index in [1.54, 1.807) is 0 Å². The minimum Gasteiger partial charge on any atom is -0.367 e. The minimum absolute atomic E-state index is 0.931. The van der Waals surface area contributed by atoms with E-state index in [0.717, 1.165) is 44.9 Å². The Bertz CT molecular complexity index is 4030. The number of hydrogen-bond acceptors (Lipinski definition) is 1. The molecule has 13 rings (SSSR count). The number of benzene rings is 8. The molecule has 1 N–H and O–H groups in total. The summed E-state index contributed by atoms with van der Waals surface area (Å²) >= 11 is 0. The minimum atomic E-state index is -1.92. The van der Waals surface area contributed by atoms with Crippen LogP contribution in [0.25, 0.3) is 122 Å². The van der Waals surface area contributed by atoms with Crippen LogP contribution in [0.5, 0.6) is 0 Å². The molecule has 0 spiro atoms. The zero-order chi connectivity index (χ0) is 44.1. The number of nitrogens with one attached hydrogen (secondary N) is 1. The van der Waals surface area contributed by atoms with Crippen LogP contribution in [0.3, 0.4) is 0 Å². The third-order valence-electron chi connectivity index (χ3n) is 13.4. The number of hydrogen-bond donors (Lipinski definition) is 1. The van der Waals surface area contributed by atoms with Crippen molar-refractivity contribution in [2.24, 2.45) is 0 Å². The molecule has 0 bridgehead atoms. The Morgan fingerprint density at radius 1 is 0.364 bits per heavy atom. The van der Waals surface area contributed by atoms with Crippen molar-refractivity contribution in [3.63, 3.8) is 0 Å². The molecule has 314 valence electrons. The van der Waals surface area contributed by atoms with Gasteiger partial charge in [-0.25, -0.2) is 4.98 Å². The van der Waals surface area contributed by atoms with Gasteiger partial charge in [-0.3, -0.25) is 0 Å². The molecule has 8 aromatic carbocycles. The van der Waals surface area contributed by atoms with E-state index in [1.165, 1.54) is 76.9 Å². The molecule has 0 saturated carbocycles. The van der Waals surface area contributed by atoms with Gasteiger partial charge in [0.1, 0.15) is 0 Å². The summed E-state index contributed by atoms with van der Waals surface area (Å²) in [5, 5.41) is 4.94. The average molecular weight is 864 g/mol. The van der Waals surface area contributed by atoms with Gasteiger partial charge in [0.2, 0.25) is 0 Å². The van der Waals surface area contributed by atoms with Crippen molar-refractivity contribution in [3.05, 3.63) is 212 Å². The van der Waals surface area contributed by atoms with Gasteiger partial charge in [-0.15, -0.1) is 0 Å². The number of nitrogens with zero attached hydrogens (tertiary/aromatic N) is 4. The molecule has 0 radical (unpaired) electrons. The summed E-state index contributed by atoms with van der Waals surface area (Å²) in [5.74, 6) is 0. The van der Waals surface area contributed by atoms with Gasteiger partial charge in [0.15, 0.2) is 8.24 Å². The maximum absolute atomic E-state index is 5.39. The van der Waals surface area contributed by atoms with Crippen LogP contribution < -0.4 is 0 Å². The number of para-hydroxylation sites is 2. The maximum Gasteiger partial charge on any atom is 0.153 e. The van der Waals surface area contributed by atoms with E-state index < -0.39 is 8.24 Å². The topological polar surface area (TPSA) is 43.5 Å². The Morgan fingerprint density at radius 2 is 0.864 bits per heavy atom. The summed E-state index contributed by atoms with van der Waals surface area (Å²) < 4.78 is 7.58. The highest BCUT2D eigenvalue weighted by Gasteiger charge is 2.28. The lowest BCUT2D eigenvalue weighted by molar-refractivity contribution is 1.18. The molecule has 0 atom stereocenters. The number of aromatic nitrogens is 5. The van der Waals surface area contributed by atoms with Gasteiger partial charge >= 0.3 is 0 Å². The van der Waals surface area contributed by atoms with Crippen LogP contribution >= 0.6 is 0 Å². The standard InChI is InChI=1S/C60H45N5Si/c1-66(2,3)65-56-38-42(40-19-8-5-9-20-40)32-34-50(56)59-60(65)49-26-11-13-30-55(49)64(59)46-24-15-22-44(36-46)52-28-16-27-51(61-52)43-21-14-23-45(35-43)63-54-29-12-10-25-48(54)57-58(63)47-33-31-41(37-53(47)62-57)39-17-6-4-7-18-39/h4-38,62H,1-3H3. The van der Waals surface area contributed by atoms with Crippen molar-refractivity contribution in [1.82, 2.24) is 23.3 Å². The summed E-state index contributed by atoms with van der Waals surface area (Å²) in [4.78, 5) is 9.20. The summed E-state index contributed by atoms with van der Waals surface area (Å²) in [5.41, 5.74) is 20.8. The highest BCUT2D eigenvalue weighted by Crippen LogP contribution is 2.43. The van der Waals surface area contributed by atoms with Crippen LogP contribution in [0.15, 0.2) is 212 Å². The summed E-state index contributed by atoms with van der Waals surface area (Å²) in [6, 6.07) is 76.9. The molecule has 0 aliphatic rings. The Hall–Kier alpha value is -8.19. The quantitative estimate of drug-likeness (QED) is 0.159. The van der Waals surface area contributed by atoms with Crippen molar-refractivity contribution in [3.8, 4) is 56.1 Å². The first-order chi connectivity index (χ1) is 32.4. The van der Waals surface area contributed by atoms with Gasteiger partial charge in [-0.05, 0) is 82.9 Å². The Kier molecular flexibility index (Phi) is 8.51. The highest BCUT2D eigenvalue weighted by atomic mass is 28.3. The maximum atomic E-state index is 5.39. The number of pyridine rings is 1. The number of rotatable bonds is 7. The van der Waals surface area contributed by atoms with Gasteiger partial charge in [-0.1, -0.05) is 171 Å². The smallest absolute Gasteiger partial charge is 0.153 e. The summed E-state index contributed by atoms with van der Waals surface area (Å²) in [7, 11) is -1.92. The zero-order valence-electron chi connectivity index (χ0n) is 37.0. The van der Waals surface area contributed by atoms with Crippen molar-refractivity contribution in [2.45, 2.75) is 19.6 Å². The fourth-order valence-corrected chi connectivity index (χ4v) is 12.4. The first-order valence-electron chi connectivity index (χ1n) is 22.8. The largest absolute Gasteiger partial charge is 0.367 e. The number of fused-ring (bicyclic) bond motifs is 10. The van der Waals surface area contributed by atoms with Crippen LogP contribution in [-0.4, -0.2) is 31.6 Å². The molecule has 0 unspecified atom stereocenters. The van der Waals surface area contributed by atoms with Crippen LogP contribution in [-0.2, 0) is 0 Å². The van der Waals surface area contributed by atoms with Gasteiger partial charge in [-0.2, -0.15) is 0 Å². The van der Waals surface area contributed by atoms with Crippen molar-refractivity contribution in [1.29, 1.82) is 0 Å². The fourth-order valence-electron chi connectivity index (χ4n) is 10.6. The van der Waals surface area contributed by atoms with E-state index in [9.17, 15) is 0 Å². The van der Waals surface area contributed by atoms with Crippen molar-refractivity contribution >= 4 is 73.9 Å². The van der Waals surface area contributed by atoms with Gasteiger partial charge in [0, 0.05) is 55.1 Å². The predicted octanol–water partition coefficient (Wildman–Crippen LogP) is 16.1. The SMILES string of the molecule is C[Si](C)(C)n1c2cc(-c3ccccc3)ccc2c2c1c1ccccc1n2-c1cccc(-c2cccc(-c3cccc(-n4c5ccccc5c5[nH]c6cc(-c7ccccc7)ccc6c54)c3)n2)c1. The molecule has 13 aromatic rings. The van der Waals surface area contributed by atoms with Crippen LogP contribution in [0.2, 0.25) is 19.6 Å². The van der Waals surface area contributed by atoms with E-state index in [2.05, 4.69) is 250 Å². The van der Waals surface area contributed by atoms with Crippen molar-refractivity contribution < 1.29 is 0 Å². The van der Waals surface area contributed by atoms with Crippen LogP contribution in [0.4, 0.5) is 0 Å². The number of H-pyrrole nitrogens is 1. The van der Waals surface area contributed by atoms with Gasteiger partial charge in [0.25, 0.3) is 0 Å². The Balaban J connectivity index is 0.928. The van der Waals surface area contributed by atoms with E-state index in [4.69, 9.17) is 4.98 Å². The third kappa shape index (κ3) is 5.95. The molecule has 0 amide bonds. The average Bonchev–Trinajstić information content (AvgIpc) is 4.10. The summed E-state index contributed by atoms with van der Waals surface area (Å²) in [6.45, 7) is 7.35. The highest BCUT2D eigenvalue weighted by molar-refractivity contribution is 6.76. The molecule has 66 heavy (non-hydrogen) atoms. The predicted molar refractivity (Wildman–Crippen MR) is 281 cm³/mol. The molecular formula is C60H45N5Si. The van der Waals surface area contributed by atoms with E-state index in [1.807, 2.05) is 0 Å². The monoisotopic (exact) mass is 863 g/mol. The molecule has 5 heterocycles. The van der Waals surface area contributed by atoms with Crippen LogP contribution in [0, 0.1) is 0 Å². The molecule has 0 aliphatic heterocycles. The lowest BCUT2D eigenvalue weighted by atomic mass is 10.0. The summed E-state index contributed by atoms with van der Waals surface area (Å²) in [6.07, 6.45) is 0. The second kappa shape index (κ2) is 14.7.